The van der Waals surface area contributed by atoms with Gasteiger partial charge in [0.25, 0.3) is 0 Å². The van der Waals surface area contributed by atoms with Crippen LogP contribution in [0.15, 0.2) is 18.2 Å². The van der Waals surface area contributed by atoms with Gasteiger partial charge in [-0.3, -0.25) is 4.79 Å². The van der Waals surface area contributed by atoms with Gasteiger partial charge in [0.1, 0.15) is 11.6 Å². The first kappa shape index (κ1) is 13.1. The van der Waals surface area contributed by atoms with Crippen LogP contribution in [0.1, 0.15) is 12.5 Å². The van der Waals surface area contributed by atoms with E-state index >= 15 is 0 Å². The largest absolute Gasteiger partial charge is 0.319 e. The van der Waals surface area contributed by atoms with Crippen molar-refractivity contribution in [1.82, 2.24) is 5.32 Å². The number of halogens is 2. The van der Waals surface area contributed by atoms with Gasteiger partial charge in [-0.2, -0.15) is 0 Å². The van der Waals surface area contributed by atoms with Gasteiger partial charge in [-0.05, 0) is 30.8 Å². The van der Waals surface area contributed by atoms with Crippen molar-refractivity contribution in [2.45, 2.75) is 13.3 Å². The van der Waals surface area contributed by atoms with Gasteiger partial charge in [0.05, 0.1) is 0 Å². The molecule has 88 valence electrons. The molecule has 0 fully saturated rings. The van der Waals surface area contributed by atoms with Crippen molar-refractivity contribution in [3.8, 4) is 0 Å². The molecule has 0 saturated heterocycles. The van der Waals surface area contributed by atoms with E-state index in [2.05, 4.69) is 5.32 Å². The van der Waals surface area contributed by atoms with Crippen molar-refractivity contribution in [3.63, 3.8) is 0 Å². The molecule has 1 atom stereocenters. The molecule has 0 aliphatic rings. The summed E-state index contributed by atoms with van der Waals surface area (Å²) in [4.78, 5) is 11.7. The fourth-order valence-electron chi connectivity index (χ4n) is 1.46. The van der Waals surface area contributed by atoms with Crippen LogP contribution in [0.3, 0.4) is 0 Å². The molecule has 0 heterocycles. The molecule has 0 bridgehead atoms. The number of benzene rings is 1. The predicted molar refractivity (Wildman–Crippen MR) is 63.2 cm³/mol. The lowest BCUT2D eigenvalue weighted by Gasteiger charge is -2.10. The number of carbonyl (C=O) groups is 1. The molecule has 1 unspecified atom stereocenters. The van der Waals surface area contributed by atoms with E-state index in [0.717, 1.165) is 0 Å². The lowest BCUT2D eigenvalue weighted by atomic mass is 9.99. The summed E-state index contributed by atoms with van der Waals surface area (Å²) in [6.07, 6.45) is 0.0925. The molecule has 0 radical (unpaired) electrons. The fraction of sp³-hybridized carbons (Fsp3) is 0.417. The third-order valence-corrected chi connectivity index (χ3v) is 2.67. The Morgan fingerprint density at radius 2 is 2.25 bits per heavy atom. The number of ketones is 1. The van der Waals surface area contributed by atoms with Crippen molar-refractivity contribution in [2.24, 2.45) is 5.92 Å². The molecule has 1 N–H and O–H groups in total. The average Bonchev–Trinajstić information content (AvgIpc) is 2.23. The Bertz CT molecular complexity index is 381. The third-order valence-electron chi connectivity index (χ3n) is 2.43. The molecule has 0 aromatic heterocycles. The summed E-state index contributed by atoms with van der Waals surface area (Å²) in [7, 11) is 1.78. The van der Waals surface area contributed by atoms with E-state index in [0.29, 0.717) is 17.1 Å². The Hall–Kier alpha value is -0.930. The van der Waals surface area contributed by atoms with E-state index in [1.54, 1.807) is 7.05 Å². The van der Waals surface area contributed by atoms with E-state index < -0.39 is 0 Å². The summed E-state index contributed by atoms with van der Waals surface area (Å²) in [5.74, 6) is -0.492. The molecule has 0 saturated carbocycles. The maximum Gasteiger partial charge on any atom is 0.141 e. The number of hydrogen-bond donors (Lipinski definition) is 1. The summed E-state index contributed by atoms with van der Waals surface area (Å²) in [5, 5.41) is 3.37. The molecular formula is C12H15ClFNO. The van der Waals surface area contributed by atoms with Crippen molar-refractivity contribution in [1.29, 1.82) is 0 Å². The summed E-state index contributed by atoms with van der Waals surface area (Å²) < 4.78 is 13.4. The Labute approximate surface area is 99.8 Å². The van der Waals surface area contributed by atoms with Crippen LogP contribution in [0.25, 0.3) is 0 Å². The Kier molecular flexibility index (Phi) is 4.90. The first-order valence-corrected chi connectivity index (χ1v) is 5.53. The lowest BCUT2D eigenvalue weighted by Crippen LogP contribution is -2.25. The van der Waals surface area contributed by atoms with Gasteiger partial charge in [-0.1, -0.05) is 18.5 Å². The van der Waals surface area contributed by atoms with Crippen LogP contribution < -0.4 is 5.32 Å². The number of rotatable bonds is 5. The molecule has 1 rings (SSSR count). The van der Waals surface area contributed by atoms with Gasteiger partial charge >= 0.3 is 0 Å². The number of nitrogens with one attached hydrogen (secondary N) is 1. The minimum Gasteiger partial charge on any atom is -0.319 e. The van der Waals surface area contributed by atoms with Crippen LogP contribution in [0.5, 0.6) is 0 Å². The molecule has 0 aliphatic heterocycles. The highest BCUT2D eigenvalue weighted by atomic mass is 35.5. The van der Waals surface area contributed by atoms with Crippen LogP contribution >= 0.6 is 11.6 Å². The second kappa shape index (κ2) is 5.97. The van der Waals surface area contributed by atoms with Gasteiger partial charge in [-0.15, -0.1) is 0 Å². The highest BCUT2D eigenvalue weighted by Gasteiger charge is 2.14. The van der Waals surface area contributed by atoms with Gasteiger partial charge in [0, 0.05) is 23.9 Å². The monoisotopic (exact) mass is 243 g/mol. The Balaban J connectivity index is 2.72. The maximum atomic E-state index is 13.4. The first-order valence-electron chi connectivity index (χ1n) is 5.16. The van der Waals surface area contributed by atoms with Crippen LogP contribution in [0.4, 0.5) is 4.39 Å². The Morgan fingerprint density at radius 1 is 1.56 bits per heavy atom. The number of Topliss-reactive ketones (excluding diaryl/α,β-unsaturated/α-hetero) is 1. The summed E-state index contributed by atoms with van der Waals surface area (Å²) in [5.41, 5.74) is 0.362. The van der Waals surface area contributed by atoms with Crippen molar-refractivity contribution in [2.75, 3.05) is 13.6 Å². The maximum absolute atomic E-state index is 13.4. The van der Waals surface area contributed by atoms with E-state index in [9.17, 15) is 9.18 Å². The standard InChI is InChI=1S/C12H15ClFNO/c1-8(7-15-2)12(16)6-9-5-10(13)3-4-11(9)14/h3-5,8,15H,6-7H2,1-2H3. The van der Waals surface area contributed by atoms with Crippen LogP contribution in [-0.4, -0.2) is 19.4 Å². The SMILES string of the molecule is CNCC(C)C(=O)Cc1cc(Cl)ccc1F. The number of hydrogen-bond acceptors (Lipinski definition) is 2. The van der Waals surface area contributed by atoms with Crippen LogP contribution in [0.2, 0.25) is 5.02 Å². The van der Waals surface area contributed by atoms with E-state index in [1.165, 1.54) is 18.2 Å². The normalized spacial score (nSPS) is 12.5. The third kappa shape index (κ3) is 3.58. The minimum absolute atomic E-state index is 0.00974. The van der Waals surface area contributed by atoms with E-state index in [1.807, 2.05) is 6.92 Å². The van der Waals surface area contributed by atoms with Gasteiger partial charge in [0.15, 0.2) is 0 Å². The highest BCUT2D eigenvalue weighted by Crippen LogP contribution is 2.16. The second-order valence-corrected chi connectivity index (χ2v) is 4.27. The van der Waals surface area contributed by atoms with Gasteiger partial charge < -0.3 is 5.32 Å². The molecule has 2 nitrogen and oxygen atoms in total. The smallest absolute Gasteiger partial charge is 0.141 e. The van der Waals surface area contributed by atoms with E-state index in [-0.39, 0.29) is 23.9 Å². The molecule has 16 heavy (non-hydrogen) atoms. The topological polar surface area (TPSA) is 29.1 Å². The van der Waals surface area contributed by atoms with Crippen molar-refractivity contribution in [3.05, 3.63) is 34.6 Å². The summed E-state index contributed by atoms with van der Waals surface area (Å²) >= 11 is 5.75. The molecule has 0 aliphatic carbocycles. The van der Waals surface area contributed by atoms with E-state index in [4.69, 9.17) is 11.6 Å². The Morgan fingerprint density at radius 3 is 2.88 bits per heavy atom. The predicted octanol–water partition coefficient (Wildman–Crippen LogP) is 2.45. The highest BCUT2D eigenvalue weighted by molar-refractivity contribution is 6.30. The molecule has 1 aromatic carbocycles. The quantitative estimate of drug-likeness (QED) is 0.861. The second-order valence-electron chi connectivity index (χ2n) is 3.84. The van der Waals surface area contributed by atoms with Crippen LogP contribution in [0, 0.1) is 11.7 Å². The van der Waals surface area contributed by atoms with Gasteiger partial charge in [-0.25, -0.2) is 4.39 Å². The zero-order valence-electron chi connectivity index (χ0n) is 9.39. The molecule has 0 amide bonds. The summed E-state index contributed by atoms with van der Waals surface area (Å²) in [6, 6.07) is 4.26. The zero-order chi connectivity index (χ0) is 12.1. The first-order chi connectivity index (χ1) is 7.54. The van der Waals surface area contributed by atoms with Gasteiger partial charge in [0.2, 0.25) is 0 Å². The minimum atomic E-state index is -0.380. The van der Waals surface area contributed by atoms with Crippen molar-refractivity contribution >= 4 is 17.4 Å². The lowest BCUT2D eigenvalue weighted by molar-refractivity contribution is -0.121. The fourth-order valence-corrected chi connectivity index (χ4v) is 1.66. The molecule has 1 aromatic rings. The summed E-state index contributed by atoms with van der Waals surface area (Å²) in [6.45, 7) is 2.42. The van der Waals surface area contributed by atoms with Crippen LogP contribution in [-0.2, 0) is 11.2 Å². The average molecular weight is 244 g/mol. The van der Waals surface area contributed by atoms with Crippen molar-refractivity contribution < 1.29 is 9.18 Å². The number of carbonyl (C=O) groups excluding carboxylic acids is 1. The molecular weight excluding hydrogens is 229 g/mol. The molecule has 0 spiro atoms. The zero-order valence-corrected chi connectivity index (χ0v) is 10.1. The molecule has 4 heteroatoms.